The van der Waals surface area contributed by atoms with Crippen LogP contribution in [0.3, 0.4) is 0 Å². The van der Waals surface area contributed by atoms with Crippen molar-refractivity contribution in [1.82, 2.24) is 4.90 Å². The molecule has 1 rings (SSSR count). The number of halogens is 2. The van der Waals surface area contributed by atoms with Crippen LogP contribution in [0.2, 0.25) is 0 Å². The Morgan fingerprint density at radius 2 is 2.07 bits per heavy atom. The number of rotatable bonds is 4. The normalized spacial score (nSPS) is 34.3. The third-order valence-electron chi connectivity index (χ3n) is 3.45. The first-order valence-electron chi connectivity index (χ1n) is 5.56. The molecule has 1 fully saturated rings. The van der Waals surface area contributed by atoms with E-state index in [1.54, 1.807) is 0 Å². The van der Waals surface area contributed by atoms with Gasteiger partial charge in [0.1, 0.15) is 0 Å². The second-order valence-corrected chi connectivity index (χ2v) is 4.58. The molecule has 0 amide bonds. The molecular weight excluding hydrogens is 184 g/mol. The molecule has 0 saturated carbocycles. The van der Waals surface area contributed by atoms with Crippen molar-refractivity contribution in [2.24, 2.45) is 5.92 Å². The largest absolute Gasteiger partial charge is 0.298 e. The molecule has 0 aliphatic carbocycles. The number of hydrogen-bond donors (Lipinski definition) is 0. The lowest BCUT2D eigenvalue weighted by atomic mass is 9.90. The average molecular weight is 205 g/mol. The zero-order chi connectivity index (χ0) is 10.8. The van der Waals surface area contributed by atoms with Crippen molar-refractivity contribution in [2.75, 3.05) is 13.1 Å². The third kappa shape index (κ3) is 2.25. The highest BCUT2D eigenvalue weighted by Gasteiger charge is 2.43. The topological polar surface area (TPSA) is 3.24 Å². The maximum Gasteiger partial charge on any atom is 0.242 e. The molecule has 0 aromatic heterocycles. The van der Waals surface area contributed by atoms with E-state index < -0.39 is 12.3 Å². The molecular formula is C11H21F2N. The van der Waals surface area contributed by atoms with Crippen molar-refractivity contribution in [3.8, 4) is 0 Å². The van der Waals surface area contributed by atoms with Crippen LogP contribution in [0.4, 0.5) is 8.78 Å². The van der Waals surface area contributed by atoms with Gasteiger partial charge in [-0.05, 0) is 26.3 Å². The Hall–Kier alpha value is -0.180. The van der Waals surface area contributed by atoms with E-state index in [4.69, 9.17) is 0 Å². The molecule has 1 nitrogen and oxygen atoms in total. The van der Waals surface area contributed by atoms with Crippen molar-refractivity contribution < 1.29 is 8.78 Å². The van der Waals surface area contributed by atoms with Crippen LogP contribution in [0.25, 0.3) is 0 Å². The monoisotopic (exact) mass is 205 g/mol. The molecule has 2 atom stereocenters. The van der Waals surface area contributed by atoms with Gasteiger partial charge in [-0.3, -0.25) is 4.90 Å². The second-order valence-electron chi connectivity index (χ2n) is 4.58. The summed E-state index contributed by atoms with van der Waals surface area (Å²) in [4.78, 5) is 2.22. The van der Waals surface area contributed by atoms with E-state index >= 15 is 0 Å². The Morgan fingerprint density at radius 1 is 1.43 bits per heavy atom. The smallest absolute Gasteiger partial charge is 0.242 e. The molecule has 0 unspecified atom stereocenters. The standard InChI is InChI=1S/C11H21F2N/c1-4-6-11(3)7-9(10(12)13)8-14(11)5-2/h9-10H,4-8H2,1-3H3/t9-,11-/m0/s1. The van der Waals surface area contributed by atoms with E-state index in [1.807, 2.05) is 0 Å². The predicted molar refractivity (Wildman–Crippen MR) is 54.7 cm³/mol. The summed E-state index contributed by atoms with van der Waals surface area (Å²) >= 11 is 0. The van der Waals surface area contributed by atoms with Gasteiger partial charge in [-0.1, -0.05) is 20.3 Å². The zero-order valence-corrected chi connectivity index (χ0v) is 9.39. The lowest BCUT2D eigenvalue weighted by Gasteiger charge is -2.34. The van der Waals surface area contributed by atoms with Crippen molar-refractivity contribution in [3.63, 3.8) is 0 Å². The summed E-state index contributed by atoms with van der Waals surface area (Å²) in [6.45, 7) is 7.77. The number of likely N-dealkylation sites (tertiary alicyclic amines) is 1. The summed E-state index contributed by atoms with van der Waals surface area (Å²) in [6, 6.07) is 0. The fourth-order valence-corrected chi connectivity index (χ4v) is 2.74. The van der Waals surface area contributed by atoms with Crippen molar-refractivity contribution >= 4 is 0 Å². The van der Waals surface area contributed by atoms with Crippen LogP contribution in [-0.4, -0.2) is 30.0 Å². The van der Waals surface area contributed by atoms with Gasteiger partial charge in [0.05, 0.1) is 0 Å². The highest BCUT2D eigenvalue weighted by atomic mass is 19.3. The minimum absolute atomic E-state index is 0.0184. The van der Waals surface area contributed by atoms with Gasteiger partial charge in [0.15, 0.2) is 0 Å². The van der Waals surface area contributed by atoms with Gasteiger partial charge in [0, 0.05) is 18.0 Å². The molecule has 1 heterocycles. The molecule has 14 heavy (non-hydrogen) atoms. The summed E-state index contributed by atoms with van der Waals surface area (Å²) in [7, 11) is 0. The van der Waals surface area contributed by atoms with E-state index in [-0.39, 0.29) is 5.54 Å². The van der Waals surface area contributed by atoms with E-state index in [1.165, 1.54) is 0 Å². The van der Waals surface area contributed by atoms with Gasteiger partial charge in [-0.2, -0.15) is 0 Å². The first-order chi connectivity index (χ1) is 6.53. The first-order valence-corrected chi connectivity index (χ1v) is 5.56. The molecule has 84 valence electrons. The lowest BCUT2D eigenvalue weighted by molar-refractivity contribution is 0.0810. The molecule has 1 aliphatic heterocycles. The minimum Gasteiger partial charge on any atom is -0.298 e. The van der Waals surface area contributed by atoms with Crippen molar-refractivity contribution in [3.05, 3.63) is 0 Å². The molecule has 0 N–H and O–H groups in total. The first kappa shape index (κ1) is 11.9. The molecule has 0 radical (unpaired) electrons. The fraction of sp³-hybridized carbons (Fsp3) is 1.00. The van der Waals surface area contributed by atoms with E-state index in [0.717, 1.165) is 19.4 Å². The van der Waals surface area contributed by atoms with Gasteiger partial charge < -0.3 is 0 Å². The molecule has 0 aromatic rings. The van der Waals surface area contributed by atoms with Crippen LogP contribution in [0.5, 0.6) is 0 Å². The van der Waals surface area contributed by atoms with Gasteiger partial charge >= 0.3 is 0 Å². The zero-order valence-electron chi connectivity index (χ0n) is 9.39. The number of hydrogen-bond acceptors (Lipinski definition) is 1. The van der Waals surface area contributed by atoms with Gasteiger partial charge in [0.25, 0.3) is 0 Å². The van der Waals surface area contributed by atoms with Crippen LogP contribution >= 0.6 is 0 Å². The number of nitrogens with zero attached hydrogens (tertiary/aromatic N) is 1. The van der Waals surface area contributed by atoms with E-state index in [0.29, 0.717) is 13.0 Å². The summed E-state index contributed by atoms with van der Waals surface area (Å²) in [6.07, 6.45) is 0.613. The molecule has 3 heteroatoms. The van der Waals surface area contributed by atoms with Crippen LogP contribution in [-0.2, 0) is 0 Å². The van der Waals surface area contributed by atoms with Gasteiger partial charge in [-0.25, -0.2) is 8.78 Å². The van der Waals surface area contributed by atoms with E-state index in [2.05, 4.69) is 25.7 Å². The molecule has 1 saturated heterocycles. The molecule has 0 spiro atoms. The summed E-state index contributed by atoms with van der Waals surface area (Å²) < 4.78 is 25.2. The average Bonchev–Trinajstić information content (AvgIpc) is 2.43. The maximum absolute atomic E-state index is 12.6. The van der Waals surface area contributed by atoms with E-state index in [9.17, 15) is 8.78 Å². The molecule has 0 aromatic carbocycles. The SMILES string of the molecule is CCC[C@@]1(C)C[C@H](C(F)F)CN1CC. The Kier molecular flexibility index (Phi) is 3.87. The highest BCUT2D eigenvalue weighted by molar-refractivity contribution is 4.95. The molecule has 0 bridgehead atoms. The second kappa shape index (κ2) is 4.56. The van der Waals surface area contributed by atoms with Crippen molar-refractivity contribution in [2.45, 2.75) is 52.0 Å². The van der Waals surface area contributed by atoms with Gasteiger partial charge in [-0.15, -0.1) is 0 Å². The fourth-order valence-electron chi connectivity index (χ4n) is 2.74. The highest BCUT2D eigenvalue weighted by Crippen LogP contribution is 2.38. The Labute approximate surface area is 85.5 Å². The quantitative estimate of drug-likeness (QED) is 0.681. The Morgan fingerprint density at radius 3 is 2.50 bits per heavy atom. The van der Waals surface area contributed by atoms with Crippen LogP contribution in [0.1, 0.15) is 40.0 Å². The van der Waals surface area contributed by atoms with Crippen LogP contribution in [0.15, 0.2) is 0 Å². The van der Waals surface area contributed by atoms with Crippen molar-refractivity contribution in [1.29, 1.82) is 0 Å². The summed E-state index contributed by atoms with van der Waals surface area (Å²) in [5, 5.41) is 0. The predicted octanol–water partition coefficient (Wildman–Crippen LogP) is 3.15. The summed E-state index contributed by atoms with van der Waals surface area (Å²) in [5.41, 5.74) is 0.0184. The Balaban J connectivity index is 2.66. The van der Waals surface area contributed by atoms with Gasteiger partial charge in [0.2, 0.25) is 6.43 Å². The third-order valence-corrected chi connectivity index (χ3v) is 3.45. The number of alkyl halides is 2. The van der Waals surface area contributed by atoms with Crippen LogP contribution in [0, 0.1) is 5.92 Å². The minimum atomic E-state index is -2.15. The molecule has 1 aliphatic rings. The lowest BCUT2D eigenvalue weighted by Crippen LogP contribution is -2.40. The summed E-state index contributed by atoms with van der Waals surface area (Å²) in [5.74, 6) is -0.411. The Bertz CT molecular complexity index is 184. The maximum atomic E-state index is 12.6. The van der Waals surface area contributed by atoms with Crippen LogP contribution < -0.4 is 0 Å².